The van der Waals surface area contributed by atoms with E-state index in [4.69, 9.17) is 11.6 Å². The van der Waals surface area contributed by atoms with Gasteiger partial charge in [0.25, 0.3) is 0 Å². The molecule has 0 bridgehead atoms. The van der Waals surface area contributed by atoms with E-state index in [1.165, 1.54) is 11.1 Å². The van der Waals surface area contributed by atoms with Crippen molar-refractivity contribution in [3.63, 3.8) is 0 Å². The van der Waals surface area contributed by atoms with Gasteiger partial charge in [0.05, 0.1) is 0 Å². The third-order valence-corrected chi connectivity index (χ3v) is 3.51. The zero-order chi connectivity index (χ0) is 12.3. The van der Waals surface area contributed by atoms with Gasteiger partial charge in [-0.25, -0.2) is 0 Å². The molecular formula is C15H23Cl. The highest BCUT2D eigenvalue weighted by Crippen LogP contribution is 2.28. The molecular weight excluding hydrogens is 216 g/mol. The van der Waals surface area contributed by atoms with Crippen LogP contribution in [0.2, 0.25) is 0 Å². The van der Waals surface area contributed by atoms with Gasteiger partial charge in [0.15, 0.2) is 0 Å². The van der Waals surface area contributed by atoms with Gasteiger partial charge in [0, 0.05) is 5.88 Å². The molecule has 0 saturated heterocycles. The van der Waals surface area contributed by atoms with E-state index < -0.39 is 0 Å². The van der Waals surface area contributed by atoms with Crippen LogP contribution >= 0.6 is 11.6 Å². The Morgan fingerprint density at radius 2 is 1.56 bits per heavy atom. The first kappa shape index (κ1) is 13.6. The van der Waals surface area contributed by atoms with Crippen molar-refractivity contribution >= 4 is 11.6 Å². The molecule has 0 heterocycles. The Bertz CT molecular complexity index is 316. The first-order valence-electron chi connectivity index (χ1n) is 6.02. The Hall–Kier alpha value is -0.490. The molecule has 0 fully saturated rings. The van der Waals surface area contributed by atoms with Crippen molar-refractivity contribution in [3.05, 3.63) is 35.4 Å². The van der Waals surface area contributed by atoms with Gasteiger partial charge in [-0.2, -0.15) is 0 Å². The SMILES string of the molecule is CC(C)C(CCl)c1ccc(C(C)(C)C)cc1. The number of alkyl halides is 1. The molecule has 0 N–H and O–H groups in total. The first-order valence-corrected chi connectivity index (χ1v) is 6.56. The van der Waals surface area contributed by atoms with Gasteiger partial charge in [0.2, 0.25) is 0 Å². The molecule has 1 heteroatoms. The predicted octanol–water partition coefficient (Wildman–Crippen LogP) is 4.96. The highest BCUT2D eigenvalue weighted by atomic mass is 35.5. The van der Waals surface area contributed by atoms with Crippen molar-refractivity contribution in [1.82, 2.24) is 0 Å². The summed E-state index contributed by atoms with van der Waals surface area (Å²) in [5.41, 5.74) is 2.97. The second-order valence-corrected chi connectivity index (χ2v) is 6.19. The summed E-state index contributed by atoms with van der Waals surface area (Å²) in [6.45, 7) is 11.2. The van der Waals surface area contributed by atoms with Crippen molar-refractivity contribution in [2.45, 2.75) is 46.0 Å². The minimum atomic E-state index is 0.229. The molecule has 90 valence electrons. The maximum absolute atomic E-state index is 6.03. The van der Waals surface area contributed by atoms with E-state index >= 15 is 0 Å². The van der Waals surface area contributed by atoms with E-state index in [2.05, 4.69) is 58.9 Å². The molecule has 1 unspecified atom stereocenters. The van der Waals surface area contributed by atoms with Gasteiger partial charge in [-0.15, -0.1) is 11.6 Å². The van der Waals surface area contributed by atoms with E-state index in [9.17, 15) is 0 Å². The van der Waals surface area contributed by atoms with E-state index in [0.717, 1.165) is 0 Å². The largest absolute Gasteiger partial charge is 0.126 e. The molecule has 0 radical (unpaired) electrons. The van der Waals surface area contributed by atoms with E-state index in [-0.39, 0.29) is 5.41 Å². The quantitative estimate of drug-likeness (QED) is 0.653. The summed E-state index contributed by atoms with van der Waals surface area (Å²) in [5, 5.41) is 0. The Morgan fingerprint density at radius 3 is 1.88 bits per heavy atom. The fourth-order valence-corrected chi connectivity index (χ4v) is 2.42. The Morgan fingerprint density at radius 1 is 1.06 bits per heavy atom. The lowest BCUT2D eigenvalue weighted by atomic mass is 9.84. The zero-order valence-corrected chi connectivity index (χ0v) is 11.8. The molecule has 0 aliphatic carbocycles. The van der Waals surface area contributed by atoms with Crippen molar-refractivity contribution in [2.75, 3.05) is 5.88 Å². The summed E-state index contributed by atoms with van der Waals surface area (Å²) in [4.78, 5) is 0. The molecule has 0 aromatic heterocycles. The van der Waals surface area contributed by atoms with Crippen LogP contribution in [0.1, 0.15) is 51.7 Å². The number of hydrogen-bond acceptors (Lipinski definition) is 0. The van der Waals surface area contributed by atoms with Crippen LogP contribution in [0.25, 0.3) is 0 Å². The molecule has 0 spiro atoms. The summed E-state index contributed by atoms with van der Waals surface area (Å²) in [5.74, 6) is 1.76. The zero-order valence-electron chi connectivity index (χ0n) is 11.0. The Balaban J connectivity index is 2.94. The predicted molar refractivity (Wildman–Crippen MR) is 73.4 cm³/mol. The normalized spacial score (nSPS) is 14.2. The number of halogens is 1. The number of hydrogen-bond donors (Lipinski definition) is 0. The lowest BCUT2D eigenvalue weighted by molar-refractivity contribution is 0.538. The Kier molecular flexibility index (Phi) is 4.43. The fraction of sp³-hybridized carbons (Fsp3) is 0.600. The van der Waals surface area contributed by atoms with Crippen LogP contribution in [0, 0.1) is 5.92 Å². The molecule has 0 amide bonds. The monoisotopic (exact) mass is 238 g/mol. The van der Waals surface area contributed by atoms with Crippen LogP contribution in [0.15, 0.2) is 24.3 Å². The summed E-state index contributed by atoms with van der Waals surface area (Å²) < 4.78 is 0. The lowest BCUT2D eigenvalue weighted by Gasteiger charge is -2.22. The van der Waals surface area contributed by atoms with E-state index in [1.54, 1.807) is 0 Å². The highest BCUT2D eigenvalue weighted by Gasteiger charge is 2.17. The molecule has 1 rings (SSSR count). The molecule has 1 aromatic rings. The molecule has 1 aromatic carbocycles. The molecule has 0 aliphatic rings. The number of rotatable bonds is 3. The Labute approximate surface area is 105 Å². The van der Waals surface area contributed by atoms with Crippen molar-refractivity contribution in [2.24, 2.45) is 5.92 Å². The summed E-state index contributed by atoms with van der Waals surface area (Å²) in [6, 6.07) is 8.93. The first-order chi connectivity index (χ1) is 7.36. The summed E-state index contributed by atoms with van der Waals surface area (Å²) in [6.07, 6.45) is 0. The third-order valence-electron chi connectivity index (χ3n) is 3.18. The van der Waals surface area contributed by atoms with Gasteiger partial charge < -0.3 is 0 Å². The molecule has 16 heavy (non-hydrogen) atoms. The highest BCUT2D eigenvalue weighted by molar-refractivity contribution is 6.18. The van der Waals surface area contributed by atoms with Crippen LogP contribution in [0.4, 0.5) is 0 Å². The van der Waals surface area contributed by atoms with Gasteiger partial charge in [-0.3, -0.25) is 0 Å². The van der Waals surface area contributed by atoms with Crippen LogP contribution in [-0.4, -0.2) is 5.88 Å². The summed E-state index contributed by atoms with van der Waals surface area (Å²) in [7, 11) is 0. The average molecular weight is 239 g/mol. The minimum absolute atomic E-state index is 0.229. The molecule has 0 saturated carbocycles. The maximum atomic E-state index is 6.03. The van der Waals surface area contributed by atoms with Gasteiger partial charge >= 0.3 is 0 Å². The fourth-order valence-electron chi connectivity index (χ4n) is 1.88. The van der Waals surface area contributed by atoms with Gasteiger partial charge in [0.1, 0.15) is 0 Å². The van der Waals surface area contributed by atoms with E-state index in [0.29, 0.717) is 17.7 Å². The second kappa shape index (κ2) is 5.23. The van der Waals surface area contributed by atoms with Crippen LogP contribution in [0.5, 0.6) is 0 Å². The minimum Gasteiger partial charge on any atom is -0.126 e. The van der Waals surface area contributed by atoms with Crippen LogP contribution < -0.4 is 0 Å². The van der Waals surface area contributed by atoms with Crippen LogP contribution in [-0.2, 0) is 5.41 Å². The second-order valence-electron chi connectivity index (χ2n) is 5.88. The van der Waals surface area contributed by atoms with Crippen molar-refractivity contribution < 1.29 is 0 Å². The topological polar surface area (TPSA) is 0 Å². The lowest BCUT2D eigenvalue weighted by Crippen LogP contribution is -2.12. The standard InChI is InChI=1S/C15H23Cl/c1-11(2)14(10-16)12-6-8-13(9-7-12)15(3,4)5/h6-9,11,14H,10H2,1-5H3. The molecule has 0 aliphatic heterocycles. The van der Waals surface area contributed by atoms with Crippen molar-refractivity contribution in [1.29, 1.82) is 0 Å². The van der Waals surface area contributed by atoms with Gasteiger partial charge in [-0.05, 0) is 28.4 Å². The van der Waals surface area contributed by atoms with Gasteiger partial charge in [-0.1, -0.05) is 58.9 Å². The van der Waals surface area contributed by atoms with Crippen molar-refractivity contribution in [3.8, 4) is 0 Å². The maximum Gasteiger partial charge on any atom is 0.0294 e. The molecule has 0 nitrogen and oxygen atoms in total. The number of benzene rings is 1. The smallest absolute Gasteiger partial charge is 0.0294 e. The van der Waals surface area contributed by atoms with E-state index in [1.807, 2.05) is 0 Å². The molecule has 1 atom stereocenters. The van der Waals surface area contributed by atoms with Crippen LogP contribution in [0.3, 0.4) is 0 Å². The third kappa shape index (κ3) is 3.25. The average Bonchev–Trinajstić information content (AvgIpc) is 2.17. The summed E-state index contributed by atoms with van der Waals surface area (Å²) >= 11 is 6.03.